The van der Waals surface area contributed by atoms with Gasteiger partial charge in [0.1, 0.15) is 11.6 Å². The summed E-state index contributed by atoms with van der Waals surface area (Å²) < 4.78 is 7.21. The molecule has 2 aliphatic heterocycles. The Morgan fingerprint density at radius 1 is 1.17 bits per heavy atom. The monoisotopic (exact) mass is 471 g/mol. The normalized spacial score (nSPS) is 21.2. The molecule has 2 atom stereocenters. The molecule has 9 heteroatoms. The van der Waals surface area contributed by atoms with Gasteiger partial charge in [0, 0.05) is 36.4 Å². The number of hydrogen-bond acceptors (Lipinski definition) is 8. The number of anilines is 3. The Kier molecular flexibility index (Phi) is 5.60. The van der Waals surface area contributed by atoms with E-state index in [0.717, 1.165) is 66.0 Å². The number of nitrogens with one attached hydrogen (secondary N) is 1. The van der Waals surface area contributed by atoms with Gasteiger partial charge in [-0.05, 0) is 36.4 Å². The Morgan fingerprint density at radius 3 is 2.83 bits per heavy atom. The lowest BCUT2D eigenvalue weighted by Crippen LogP contribution is -2.55. The lowest BCUT2D eigenvalue weighted by molar-refractivity contribution is -0.0912. The van der Waals surface area contributed by atoms with E-state index in [0.29, 0.717) is 17.7 Å². The van der Waals surface area contributed by atoms with Crippen molar-refractivity contribution in [3.8, 4) is 11.3 Å². The zero-order chi connectivity index (χ0) is 23.9. The Labute approximate surface area is 203 Å². The molecule has 4 aromatic rings. The molecule has 0 bridgehead atoms. The molecule has 180 valence electrons. The van der Waals surface area contributed by atoms with Gasteiger partial charge in [-0.3, -0.25) is 9.58 Å². The Morgan fingerprint density at radius 2 is 2.03 bits per heavy atom. The summed E-state index contributed by atoms with van der Waals surface area (Å²) in [6, 6.07) is 12.5. The van der Waals surface area contributed by atoms with E-state index < -0.39 is 6.10 Å². The summed E-state index contributed by atoms with van der Waals surface area (Å²) in [7, 11) is 0. The highest BCUT2D eigenvalue weighted by molar-refractivity contribution is 5.94. The van der Waals surface area contributed by atoms with Crippen LogP contribution in [-0.4, -0.2) is 68.2 Å². The molecule has 0 radical (unpaired) electrons. The Balaban J connectivity index is 1.24. The summed E-state index contributed by atoms with van der Waals surface area (Å²) in [6.45, 7) is 5.26. The van der Waals surface area contributed by atoms with Crippen molar-refractivity contribution in [2.45, 2.75) is 31.5 Å². The molecule has 6 rings (SSSR count). The molecule has 35 heavy (non-hydrogen) atoms. The average molecular weight is 472 g/mol. The summed E-state index contributed by atoms with van der Waals surface area (Å²) in [4.78, 5) is 11.5. The topological polar surface area (TPSA) is 114 Å². The highest BCUT2D eigenvalue weighted by Crippen LogP contribution is 2.30. The van der Waals surface area contributed by atoms with Gasteiger partial charge in [0.25, 0.3) is 0 Å². The van der Waals surface area contributed by atoms with Crippen molar-refractivity contribution < 1.29 is 9.84 Å². The van der Waals surface area contributed by atoms with Gasteiger partial charge in [0.2, 0.25) is 0 Å². The fraction of sp³-hybridized carbons (Fsp3) is 0.346. The van der Waals surface area contributed by atoms with Gasteiger partial charge < -0.3 is 20.9 Å². The van der Waals surface area contributed by atoms with Crippen LogP contribution in [0.25, 0.3) is 22.0 Å². The van der Waals surface area contributed by atoms with Crippen molar-refractivity contribution >= 4 is 28.1 Å². The minimum Gasteiger partial charge on any atom is -0.391 e. The van der Waals surface area contributed by atoms with Crippen molar-refractivity contribution in [3.63, 3.8) is 0 Å². The Bertz CT molecular complexity index is 1370. The molecule has 1 aromatic carbocycles. The number of piperidine rings is 1. The third-order valence-corrected chi connectivity index (χ3v) is 7.09. The number of nitrogen functional groups attached to an aromatic ring is 1. The fourth-order valence-electron chi connectivity index (χ4n) is 4.94. The van der Waals surface area contributed by atoms with E-state index in [2.05, 4.69) is 44.3 Å². The third kappa shape index (κ3) is 4.22. The quantitative estimate of drug-likeness (QED) is 0.407. The molecule has 9 nitrogen and oxygen atoms in total. The summed E-state index contributed by atoms with van der Waals surface area (Å²) >= 11 is 0. The van der Waals surface area contributed by atoms with Crippen LogP contribution in [0.15, 0.2) is 55.0 Å². The summed E-state index contributed by atoms with van der Waals surface area (Å²) in [5.41, 5.74) is 10.1. The molecule has 0 unspecified atom stereocenters. The van der Waals surface area contributed by atoms with Gasteiger partial charge in [-0.2, -0.15) is 5.10 Å². The molecule has 0 saturated carbocycles. The van der Waals surface area contributed by atoms with Crippen LogP contribution in [0, 0.1) is 6.92 Å². The largest absolute Gasteiger partial charge is 0.391 e. The lowest BCUT2D eigenvalue weighted by Gasteiger charge is -2.43. The maximum Gasteiger partial charge on any atom is 0.133 e. The zero-order valence-corrected chi connectivity index (χ0v) is 19.6. The van der Waals surface area contributed by atoms with Gasteiger partial charge >= 0.3 is 0 Å². The Hall–Kier alpha value is -3.53. The third-order valence-electron chi connectivity index (χ3n) is 7.09. The lowest BCUT2D eigenvalue weighted by atomic mass is 10.00. The van der Waals surface area contributed by atoms with Crippen molar-refractivity contribution in [2.75, 3.05) is 37.4 Å². The first kappa shape index (κ1) is 22.0. The van der Waals surface area contributed by atoms with Crippen LogP contribution in [0.3, 0.4) is 0 Å². The maximum atomic E-state index is 10.6. The molecule has 0 amide bonds. The number of hydrogen-bond donors (Lipinski definition) is 3. The second-order valence-corrected chi connectivity index (χ2v) is 9.44. The van der Waals surface area contributed by atoms with E-state index in [1.807, 2.05) is 35.1 Å². The van der Waals surface area contributed by atoms with Gasteiger partial charge in [0.15, 0.2) is 0 Å². The molecule has 5 heterocycles. The van der Waals surface area contributed by atoms with Crippen LogP contribution in [0.1, 0.15) is 18.0 Å². The number of pyridine rings is 2. The van der Waals surface area contributed by atoms with E-state index >= 15 is 0 Å². The number of aryl methyl sites for hydroxylation is 1. The maximum absolute atomic E-state index is 10.6. The molecular weight excluding hydrogens is 442 g/mol. The van der Waals surface area contributed by atoms with Crippen LogP contribution >= 0.6 is 0 Å². The van der Waals surface area contributed by atoms with E-state index in [9.17, 15) is 5.11 Å². The second-order valence-electron chi connectivity index (χ2n) is 9.44. The van der Waals surface area contributed by atoms with Gasteiger partial charge in [0.05, 0.1) is 49.0 Å². The predicted octanol–water partition coefficient (Wildman–Crippen LogP) is 3.13. The van der Waals surface area contributed by atoms with Crippen molar-refractivity contribution in [1.82, 2.24) is 24.6 Å². The number of likely N-dealkylation sites (tertiary alicyclic amines) is 1. The second kappa shape index (κ2) is 8.92. The van der Waals surface area contributed by atoms with Crippen LogP contribution < -0.4 is 11.1 Å². The van der Waals surface area contributed by atoms with Crippen molar-refractivity contribution in [3.05, 3.63) is 60.6 Å². The smallest absolute Gasteiger partial charge is 0.133 e. The number of aromatic nitrogens is 4. The fourth-order valence-corrected chi connectivity index (χ4v) is 4.94. The molecule has 2 fully saturated rings. The number of nitrogens with two attached hydrogens (primary N) is 1. The van der Waals surface area contributed by atoms with Gasteiger partial charge in [-0.25, -0.2) is 9.97 Å². The molecule has 0 aliphatic carbocycles. The van der Waals surface area contributed by atoms with Gasteiger partial charge in [-0.1, -0.05) is 24.3 Å². The number of benzene rings is 1. The first-order chi connectivity index (χ1) is 17.0. The minimum absolute atomic E-state index is 0.0907. The summed E-state index contributed by atoms with van der Waals surface area (Å²) in [5, 5.41) is 20.3. The predicted molar refractivity (Wildman–Crippen MR) is 135 cm³/mol. The first-order valence-corrected chi connectivity index (χ1v) is 12.0. The number of nitrogens with zero attached hydrogens (tertiary/aromatic N) is 5. The van der Waals surface area contributed by atoms with Crippen LogP contribution in [0.2, 0.25) is 0 Å². The molecule has 0 spiro atoms. The number of fused-ring (bicyclic) bond motifs is 1. The van der Waals surface area contributed by atoms with E-state index in [-0.39, 0.29) is 6.04 Å². The minimum atomic E-state index is -0.422. The van der Waals surface area contributed by atoms with Crippen molar-refractivity contribution in [2.24, 2.45) is 0 Å². The summed E-state index contributed by atoms with van der Waals surface area (Å²) in [5.74, 6) is 1.15. The summed E-state index contributed by atoms with van der Waals surface area (Å²) in [6.07, 6.45) is 5.75. The molecule has 2 aliphatic rings. The zero-order valence-electron chi connectivity index (χ0n) is 19.6. The average Bonchev–Trinajstić information content (AvgIpc) is 3.27. The molecule has 3 aromatic heterocycles. The van der Waals surface area contributed by atoms with Crippen LogP contribution in [0.5, 0.6) is 0 Å². The van der Waals surface area contributed by atoms with E-state index in [1.165, 1.54) is 0 Å². The van der Waals surface area contributed by atoms with Gasteiger partial charge in [-0.15, -0.1) is 0 Å². The molecule has 2 saturated heterocycles. The van der Waals surface area contributed by atoms with E-state index in [1.54, 1.807) is 12.4 Å². The highest BCUT2D eigenvalue weighted by atomic mass is 16.5. The first-order valence-electron chi connectivity index (χ1n) is 12.0. The van der Waals surface area contributed by atoms with Crippen LogP contribution in [0.4, 0.5) is 17.3 Å². The standard InChI is InChI=1S/C26H29N7O2/c1-16-4-2-3-5-20(16)22-8-17-9-25(28-11-21(17)26(27)31-22)30-18-10-29-33(12-18)23-13-32(7-6-24(23)34)19-14-35-15-19/h2-5,8-12,19,23-24,34H,6-7,13-15H2,1H3,(H2,27,31)(H,28,30)/t23-,24-/m0/s1. The molecule has 4 N–H and O–H groups in total. The highest BCUT2D eigenvalue weighted by Gasteiger charge is 2.35. The van der Waals surface area contributed by atoms with Crippen molar-refractivity contribution in [1.29, 1.82) is 0 Å². The number of aliphatic hydroxyl groups is 1. The van der Waals surface area contributed by atoms with E-state index in [4.69, 9.17) is 10.5 Å². The SMILES string of the molecule is Cc1ccccc1-c1cc2cc(Nc3cnn([C@H]4CN(C5COC5)CC[C@@H]4O)c3)ncc2c(N)n1. The number of ether oxygens (including phenoxy) is 1. The number of aliphatic hydroxyl groups excluding tert-OH is 1. The van der Waals surface area contributed by atoms with Crippen LogP contribution in [-0.2, 0) is 4.74 Å². The molecular formula is C26H29N7O2. The number of rotatable bonds is 5.